The van der Waals surface area contributed by atoms with Crippen molar-refractivity contribution in [3.05, 3.63) is 220 Å². The van der Waals surface area contributed by atoms with Crippen molar-refractivity contribution in [2.45, 2.75) is 191 Å². The van der Waals surface area contributed by atoms with Crippen LogP contribution >= 0.6 is 0 Å². The van der Waals surface area contributed by atoms with Gasteiger partial charge in [-0.3, -0.25) is 0 Å². The Bertz CT molecular complexity index is 4490. The lowest BCUT2D eigenvalue weighted by molar-refractivity contribution is 0.483. The van der Waals surface area contributed by atoms with E-state index in [1.54, 1.807) is 0 Å². The molecule has 1 aliphatic rings. The number of anilines is 3. The van der Waals surface area contributed by atoms with E-state index >= 15 is 0 Å². The Labute approximate surface area is 528 Å². The average molecular weight is 1160 g/mol. The summed E-state index contributed by atoms with van der Waals surface area (Å²) in [5.41, 5.74) is 25.6. The molecule has 0 radical (unpaired) electrons. The van der Waals surface area contributed by atoms with Crippen LogP contribution in [0.25, 0.3) is 88.4 Å². The van der Waals surface area contributed by atoms with Crippen LogP contribution in [0.5, 0.6) is 0 Å². The highest BCUT2D eigenvalue weighted by Crippen LogP contribution is 2.51. The normalized spacial score (nSPS) is 13.9. The highest BCUT2D eigenvalue weighted by molar-refractivity contribution is 6.27. The molecule has 0 N–H and O–H groups in total. The van der Waals surface area contributed by atoms with E-state index in [9.17, 15) is 0 Å². The number of aromatic nitrogens is 1. The molecule has 2 heteroatoms. The summed E-state index contributed by atoms with van der Waals surface area (Å²) in [7, 11) is 0. The molecule has 0 spiro atoms. The zero-order valence-corrected chi connectivity index (χ0v) is 57.1. The third kappa shape index (κ3) is 11.1. The van der Waals surface area contributed by atoms with Crippen LogP contribution in [0.1, 0.15) is 196 Å². The molecule has 11 aromatic rings. The van der Waals surface area contributed by atoms with E-state index in [0.717, 1.165) is 29.9 Å². The fraction of sp³-hybridized carbons (Fsp3) is 0.349. The molecule has 0 saturated heterocycles. The van der Waals surface area contributed by atoms with Crippen molar-refractivity contribution in [2.24, 2.45) is 5.41 Å². The Kier molecular flexibility index (Phi) is 14.4. The topological polar surface area (TPSA) is 8.17 Å². The molecule has 0 bridgehead atoms. The minimum atomic E-state index is -0.121. The van der Waals surface area contributed by atoms with E-state index in [0.29, 0.717) is 0 Å². The van der Waals surface area contributed by atoms with E-state index in [1.807, 2.05) is 0 Å². The van der Waals surface area contributed by atoms with Gasteiger partial charge in [-0.25, -0.2) is 0 Å². The van der Waals surface area contributed by atoms with Gasteiger partial charge in [0.25, 0.3) is 0 Å². The Morgan fingerprint density at radius 1 is 0.330 bits per heavy atom. The molecule has 0 fully saturated rings. The highest BCUT2D eigenvalue weighted by Gasteiger charge is 2.31. The number of hydrogen-bond acceptors (Lipinski definition) is 1. The maximum Gasteiger partial charge on any atom is 0.0543 e. The van der Waals surface area contributed by atoms with Crippen LogP contribution in [0.4, 0.5) is 17.1 Å². The van der Waals surface area contributed by atoms with Crippen LogP contribution < -0.4 is 4.90 Å². The van der Waals surface area contributed by atoms with Gasteiger partial charge in [0.1, 0.15) is 0 Å². The highest BCUT2D eigenvalue weighted by atomic mass is 15.1. The number of rotatable bonds is 7. The van der Waals surface area contributed by atoms with Crippen LogP contribution in [-0.2, 0) is 38.9 Å². The van der Waals surface area contributed by atoms with Gasteiger partial charge in [0.05, 0.1) is 22.6 Å². The third-order valence-electron chi connectivity index (χ3n) is 19.4. The number of nitrogens with zero attached hydrogens (tertiary/aromatic N) is 2. The van der Waals surface area contributed by atoms with Crippen LogP contribution in [0.2, 0.25) is 0 Å². The zero-order valence-electron chi connectivity index (χ0n) is 57.1. The molecule has 1 aliphatic carbocycles. The minimum absolute atomic E-state index is 0.00268. The van der Waals surface area contributed by atoms with Crippen LogP contribution in [0.3, 0.4) is 0 Å². The van der Waals surface area contributed by atoms with E-state index in [4.69, 9.17) is 0 Å². The van der Waals surface area contributed by atoms with Gasteiger partial charge in [-0.15, -0.1) is 0 Å². The predicted octanol–water partition coefficient (Wildman–Crippen LogP) is 25.2. The fourth-order valence-electron chi connectivity index (χ4n) is 13.6. The van der Waals surface area contributed by atoms with Crippen molar-refractivity contribution in [3.63, 3.8) is 0 Å². The minimum Gasteiger partial charge on any atom is -0.312 e. The summed E-state index contributed by atoms with van der Waals surface area (Å²) in [5, 5.41) is 8.96. The summed E-state index contributed by atoms with van der Waals surface area (Å²) >= 11 is 0. The van der Waals surface area contributed by atoms with Crippen molar-refractivity contribution < 1.29 is 0 Å². The molecule has 10 aromatic carbocycles. The second-order valence-electron chi connectivity index (χ2n) is 33.2. The van der Waals surface area contributed by atoms with Gasteiger partial charge in [-0.2, -0.15) is 0 Å². The fourth-order valence-corrected chi connectivity index (χ4v) is 13.6. The lowest BCUT2D eigenvalue weighted by atomic mass is 9.78. The van der Waals surface area contributed by atoms with Crippen LogP contribution in [-0.4, -0.2) is 4.57 Å². The zero-order chi connectivity index (χ0) is 63.2. The molecule has 450 valence electrons. The van der Waals surface area contributed by atoms with E-state index in [2.05, 4.69) is 331 Å². The molecule has 0 atom stereocenters. The molecule has 1 heterocycles. The van der Waals surface area contributed by atoms with Gasteiger partial charge in [-0.1, -0.05) is 278 Å². The maximum atomic E-state index is 2.64. The van der Waals surface area contributed by atoms with E-state index < -0.39 is 0 Å². The van der Waals surface area contributed by atoms with Crippen molar-refractivity contribution in [1.29, 1.82) is 0 Å². The number of fused-ring (bicyclic) bond motifs is 3. The van der Waals surface area contributed by atoms with Crippen molar-refractivity contribution in [2.75, 3.05) is 4.90 Å². The van der Waals surface area contributed by atoms with Crippen molar-refractivity contribution in [1.82, 2.24) is 4.57 Å². The van der Waals surface area contributed by atoms with Crippen LogP contribution in [0, 0.1) is 5.41 Å². The molecule has 0 aliphatic heterocycles. The monoisotopic (exact) mass is 1160 g/mol. The molecular weight excluding hydrogens is 1060 g/mol. The molecule has 0 saturated carbocycles. The average Bonchev–Trinajstić information content (AvgIpc) is 1.27. The summed E-state index contributed by atoms with van der Waals surface area (Å²) in [5.74, 6) is 0. The molecular formula is C86H96N2. The number of allylic oxidation sites excluding steroid dienone is 1. The molecule has 12 rings (SSSR count). The van der Waals surface area contributed by atoms with Crippen LogP contribution in [0.15, 0.2) is 175 Å². The molecule has 0 unspecified atom stereocenters. The Morgan fingerprint density at radius 3 is 1.38 bits per heavy atom. The van der Waals surface area contributed by atoms with Gasteiger partial charge < -0.3 is 9.47 Å². The Hall–Kier alpha value is -7.68. The lowest BCUT2D eigenvalue weighted by Gasteiger charge is -2.32. The third-order valence-corrected chi connectivity index (χ3v) is 19.4. The van der Waals surface area contributed by atoms with Gasteiger partial charge in [-0.05, 0) is 182 Å². The lowest BCUT2D eigenvalue weighted by Crippen LogP contribution is -2.16. The summed E-state index contributed by atoms with van der Waals surface area (Å²) in [4.78, 5) is 2.60. The number of benzene rings is 10. The van der Waals surface area contributed by atoms with Crippen molar-refractivity contribution in [3.8, 4) is 39.1 Å². The Balaban J connectivity index is 1.12. The first-order valence-corrected chi connectivity index (χ1v) is 32.6. The predicted molar refractivity (Wildman–Crippen MR) is 386 cm³/mol. The molecule has 88 heavy (non-hydrogen) atoms. The van der Waals surface area contributed by atoms with Crippen molar-refractivity contribution >= 4 is 66.4 Å². The summed E-state index contributed by atoms with van der Waals surface area (Å²) in [6, 6.07) is 67.1. The standard InChI is InChI=1S/C86H96N2/c1-80(2,3)60-32-41-75-71(50-60)72-51-61(81(4,5)6)33-42-76(72)88(75)74-40-30-55-27-36-69-73(39-29-54-28-37-70(74)79(55)78(54)69)87(67-34-25-53(26-35-67)58-44-63(83(10,11)12)48-64(45-58)84(13,14)15)77-52-62(82(7,8)9)31-38-68(77)57-24-22-23-56(43-57)59-46-65(85(16,17)18)49-66(47-59)86(19,20)21/h22-32,34-41,43-52H,33,42H2,1-21H3. The Morgan fingerprint density at radius 2 is 0.818 bits per heavy atom. The summed E-state index contributed by atoms with van der Waals surface area (Å²) in [6.07, 6.45) is 4.60. The quantitative estimate of drug-likeness (QED) is 0.144. The second-order valence-corrected chi connectivity index (χ2v) is 33.2. The summed E-state index contributed by atoms with van der Waals surface area (Å²) < 4.78 is 2.64. The summed E-state index contributed by atoms with van der Waals surface area (Å²) in [6.45, 7) is 49.2. The largest absolute Gasteiger partial charge is 0.312 e. The molecule has 2 nitrogen and oxygen atoms in total. The smallest absolute Gasteiger partial charge is 0.0543 e. The van der Waals surface area contributed by atoms with Gasteiger partial charge in [0.15, 0.2) is 0 Å². The van der Waals surface area contributed by atoms with Gasteiger partial charge in [0, 0.05) is 38.7 Å². The second kappa shape index (κ2) is 21.0. The maximum absolute atomic E-state index is 2.64. The number of hydrogen-bond donors (Lipinski definition) is 0. The van der Waals surface area contributed by atoms with Gasteiger partial charge >= 0.3 is 0 Å². The first kappa shape index (κ1) is 60.6. The van der Waals surface area contributed by atoms with Gasteiger partial charge in [0.2, 0.25) is 0 Å². The first-order valence-electron chi connectivity index (χ1n) is 32.6. The first-order chi connectivity index (χ1) is 41.0. The van der Waals surface area contributed by atoms with E-state index in [1.165, 1.54) is 132 Å². The molecule has 0 amide bonds. The van der Waals surface area contributed by atoms with E-state index in [-0.39, 0.29) is 37.9 Å². The SMILES string of the molecule is CC(C)(C)C1=Cc2c(n(-c3ccc4ccc5c(N(c6ccc(-c7cc(C(C)(C)C)cc(C(C)(C)C)c7)cc6)c6cc(C(C)(C)C)ccc6-c6cccc(-c7cc(C(C)(C)C)cc(C(C)(C)C)c7)c6)ccc6ccc3c4c65)c3ccc(C(C)(C)C)cc23)CC1. The molecule has 1 aromatic heterocycles.